The fourth-order valence-electron chi connectivity index (χ4n) is 1.37. The lowest BCUT2D eigenvalue weighted by Crippen LogP contribution is -2.02. The Morgan fingerprint density at radius 1 is 1.00 bits per heavy atom. The summed E-state index contributed by atoms with van der Waals surface area (Å²) in [5.41, 5.74) is 0.0148. The van der Waals surface area contributed by atoms with E-state index in [-0.39, 0.29) is 17.8 Å². The molecule has 0 unspecified atom stereocenters. The van der Waals surface area contributed by atoms with Gasteiger partial charge in [0.25, 0.3) is 0 Å². The van der Waals surface area contributed by atoms with Crippen molar-refractivity contribution in [1.29, 1.82) is 0 Å². The van der Waals surface area contributed by atoms with E-state index in [1.165, 1.54) is 19.1 Å². The number of carbonyl (C=O) groups is 2. The number of carboxylic acid groups (broad SMARTS) is 2. The van der Waals surface area contributed by atoms with E-state index in [9.17, 15) is 9.59 Å². The van der Waals surface area contributed by atoms with E-state index >= 15 is 0 Å². The predicted molar refractivity (Wildman–Crippen MR) is 67.3 cm³/mol. The maximum absolute atomic E-state index is 10.9. The average Bonchev–Trinajstić information content (AvgIpc) is 2.31. The zero-order chi connectivity index (χ0) is 14.0. The molecule has 0 rings (SSSR count). The second-order valence-electron chi connectivity index (χ2n) is 4.02. The van der Waals surface area contributed by atoms with Gasteiger partial charge in [0.05, 0.1) is 5.57 Å². The zero-order valence-electron chi connectivity index (χ0n) is 10.6. The minimum absolute atomic E-state index is 0.00364. The van der Waals surface area contributed by atoms with Gasteiger partial charge in [-0.05, 0) is 32.3 Å². The molecule has 5 heteroatoms. The second kappa shape index (κ2) is 9.41. The Morgan fingerprint density at radius 2 is 1.61 bits per heavy atom. The molecule has 0 aliphatic heterocycles. The zero-order valence-corrected chi connectivity index (χ0v) is 10.6. The summed E-state index contributed by atoms with van der Waals surface area (Å²) in [5.74, 6) is -2.24. The van der Waals surface area contributed by atoms with Gasteiger partial charge in [0.1, 0.15) is 0 Å². The van der Waals surface area contributed by atoms with E-state index in [2.05, 4.69) is 0 Å². The van der Waals surface area contributed by atoms with E-state index in [0.717, 1.165) is 25.7 Å². The van der Waals surface area contributed by atoms with Crippen LogP contribution in [0.3, 0.4) is 0 Å². The fraction of sp³-hybridized carbons (Fsp3) is 0.538. The maximum atomic E-state index is 10.9. The van der Waals surface area contributed by atoms with Crippen LogP contribution in [0.25, 0.3) is 0 Å². The van der Waals surface area contributed by atoms with Crippen molar-refractivity contribution in [3.05, 3.63) is 23.3 Å². The standard InChI is InChI=1S/C13H20O5/c1-10(12(15)16)9-11(13(17)18)7-5-3-2-4-6-8-14/h7,9,14H,2-6,8H2,1H3,(H,15,16)(H,17,18). The molecular formula is C13H20O5. The van der Waals surface area contributed by atoms with Crippen molar-refractivity contribution in [2.24, 2.45) is 0 Å². The van der Waals surface area contributed by atoms with E-state index in [1.54, 1.807) is 0 Å². The van der Waals surface area contributed by atoms with Crippen molar-refractivity contribution in [3.8, 4) is 0 Å². The van der Waals surface area contributed by atoms with Crippen LogP contribution in [-0.2, 0) is 9.59 Å². The molecule has 0 saturated carbocycles. The van der Waals surface area contributed by atoms with Crippen LogP contribution in [0.1, 0.15) is 39.0 Å². The number of unbranched alkanes of at least 4 members (excludes halogenated alkanes) is 4. The molecule has 0 bridgehead atoms. The van der Waals surface area contributed by atoms with Gasteiger partial charge < -0.3 is 15.3 Å². The SMILES string of the molecule is CC(=CC(=CCCCCCCO)C(=O)O)C(=O)O. The largest absolute Gasteiger partial charge is 0.478 e. The van der Waals surface area contributed by atoms with E-state index < -0.39 is 11.9 Å². The van der Waals surface area contributed by atoms with Gasteiger partial charge in [-0.15, -0.1) is 0 Å². The lowest BCUT2D eigenvalue weighted by atomic mass is 10.1. The van der Waals surface area contributed by atoms with Gasteiger partial charge in [-0.25, -0.2) is 9.59 Å². The molecule has 0 spiro atoms. The molecule has 0 aliphatic carbocycles. The third kappa shape index (κ3) is 7.62. The van der Waals surface area contributed by atoms with E-state index in [4.69, 9.17) is 15.3 Å². The van der Waals surface area contributed by atoms with Crippen LogP contribution in [0.5, 0.6) is 0 Å². The first-order valence-electron chi connectivity index (χ1n) is 5.95. The molecule has 3 N–H and O–H groups in total. The predicted octanol–water partition coefficient (Wildman–Crippen LogP) is 1.97. The highest BCUT2D eigenvalue weighted by Gasteiger charge is 2.07. The number of carboxylic acids is 2. The number of aliphatic carboxylic acids is 2. The highest BCUT2D eigenvalue weighted by atomic mass is 16.4. The molecule has 0 aromatic rings. The minimum Gasteiger partial charge on any atom is -0.478 e. The first kappa shape index (κ1) is 16.4. The lowest BCUT2D eigenvalue weighted by Gasteiger charge is -1.99. The van der Waals surface area contributed by atoms with E-state index in [0.29, 0.717) is 6.42 Å². The Kier molecular flexibility index (Phi) is 8.57. The second-order valence-corrected chi connectivity index (χ2v) is 4.02. The van der Waals surface area contributed by atoms with Gasteiger partial charge in [0.15, 0.2) is 0 Å². The van der Waals surface area contributed by atoms with Crippen molar-refractivity contribution in [2.75, 3.05) is 6.61 Å². The maximum Gasteiger partial charge on any atom is 0.335 e. The van der Waals surface area contributed by atoms with Gasteiger partial charge in [0.2, 0.25) is 0 Å². The summed E-state index contributed by atoms with van der Waals surface area (Å²) in [6.07, 6.45) is 6.72. The first-order chi connectivity index (χ1) is 8.49. The van der Waals surface area contributed by atoms with Crippen LogP contribution in [0.2, 0.25) is 0 Å². The summed E-state index contributed by atoms with van der Waals surface area (Å²) in [6.45, 7) is 1.54. The first-order valence-corrected chi connectivity index (χ1v) is 5.95. The molecule has 0 aliphatic rings. The van der Waals surface area contributed by atoms with Crippen LogP contribution in [0.4, 0.5) is 0 Å². The van der Waals surface area contributed by atoms with Crippen LogP contribution in [-0.4, -0.2) is 33.9 Å². The molecule has 0 saturated heterocycles. The molecule has 0 amide bonds. The van der Waals surface area contributed by atoms with Crippen molar-refractivity contribution in [1.82, 2.24) is 0 Å². The molecule has 0 atom stereocenters. The monoisotopic (exact) mass is 256 g/mol. The van der Waals surface area contributed by atoms with Crippen LogP contribution in [0, 0.1) is 0 Å². The molecule has 0 fully saturated rings. The molecule has 102 valence electrons. The summed E-state index contributed by atoms with van der Waals surface area (Å²) in [7, 11) is 0. The number of hydrogen-bond donors (Lipinski definition) is 3. The highest BCUT2D eigenvalue weighted by molar-refractivity contribution is 5.94. The van der Waals surface area contributed by atoms with Gasteiger partial charge in [0, 0.05) is 12.2 Å². The lowest BCUT2D eigenvalue weighted by molar-refractivity contribution is -0.132. The van der Waals surface area contributed by atoms with E-state index in [1.807, 2.05) is 0 Å². The Bertz CT molecular complexity index is 341. The van der Waals surface area contributed by atoms with Crippen molar-refractivity contribution >= 4 is 11.9 Å². The van der Waals surface area contributed by atoms with Crippen LogP contribution >= 0.6 is 0 Å². The highest BCUT2D eigenvalue weighted by Crippen LogP contribution is 2.09. The Hall–Kier alpha value is -1.62. The van der Waals surface area contributed by atoms with Gasteiger partial charge in [-0.1, -0.05) is 18.9 Å². The number of aliphatic hydroxyl groups excluding tert-OH is 1. The van der Waals surface area contributed by atoms with Crippen LogP contribution in [0.15, 0.2) is 23.3 Å². The summed E-state index contributed by atoms with van der Waals surface area (Å²) in [6, 6.07) is 0. The van der Waals surface area contributed by atoms with Gasteiger partial charge in [-0.3, -0.25) is 0 Å². The average molecular weight is 256 g/mol. The number of allylic oxidation sites excluding steroid dienone is 1. The summed E-state index contributed by atoms with van der Waals surface area (Å²) >= 11 is 0. The Labute approximate surface area is 106 Å². The van der Waals surface area contributed by atoms with Crippen LogP contribution < -0.4 is 0 Å². The van der Waals surface area contributed by atoms with Crippen molar-refractivity contribution in [2.45, 2.75) is 39.0 Å². The number of aliphatic hydroxyl groups is 1. The third-order valence-corrected chi connectivity index (χ3v) is 2.43. The number of hydrogen-bond acceptors (Lipinski definition) is 3. The Balaban J connectivity index is 4.31. The topological polar surface area (TPSA) is 94.8 Å². The Morgan fingerprint density at radius 3 is 2.11 bits per heavy atom. The fourth-order valence-corrected chi connectivity index (χ4v) is 1.37. The van der Waals surface area contributed by atoms with Crippen molar-refractivity contribution in [3.63, 3.8) is 0 Å². The summed E-state index contributed by atoms with van der Waals surface area (Å²) < 4.78 is 0. The molecular weight excluding hydrogens is 236 g/mol. The third-order valence-electron chi connectivity index (χ3n) is 2.43. The van der Waals surface area contributed by atoms with Gasteiger partial charge in [-0.2, -0.15) is 0 Å². The van der Waals surface area contributed by atoms with Gasteiger partial charge >= 0.3 is 11.9 Å². The minimum atomic E-state index is -1.12. The smallest absolute Gasteiger partial charge is 0.335 e. The molecule has 0 radical (unpaired) electrons. The quantitative estimate of drug-likeness (QED) is 0.333. The summed E-state index contributed by atoms with van der Waals surface area (Å²) in [4.78, 5) is 21.5. The normalized spacial score (nSPS) is 12.6. The molecule has 0 aromatic carbocycles. The molecule has 5 nitrogen and oxygen atoms in total. The molecule has 0 heterocycles. The molecule has 18 heavy (non-hydrogen) atoms. The van der Waals surface area contributed by atoms with Crippen molar-refractivity contribution < 1.29 is 24.9 Å². The summed E-state index contributed by atoms with van der Waals surface area (Å²) in [5, 5.41) is 26.2. The molecule has 0 aromatic heterocycles. The number of rotatable bonds is 9.